The average molecular weight is 225 g/mol. The smallest absolute Gasteiger partial charge is 0.221 e. The van der Waals surface area contributed by atoms with Gasteiger partial charge in [0.15, 0.2) is 0 Å². The molecule has 0 aliphatic rings. The van der Waals surface area contributed by atoms with E-state index in [9.17, 15) is 0 Å². The minimum absolute atomic E-state index is 0.143. The third-order valence-corrected chi connectivity index (χ3v) is 2.28. The Morgan fingerprint density at radius 2 is 2.19 bits per heavy atom. The van der Waals surface area contributed by atoms with E-state index in [4.69, 9.17) is 9.47 Å². The summed E-state index contributed by atoms with van der Waals surface area (Å²) in [4.78, 5) is 8.24. The van der Waals surface area contributed by atoms with Crippen LogP contribution >= 0.6 is 0 Å². The maximum absolute atomic E-state index is 5.39. The lowest BCUT2D eigenvalue weighted by Crippen LogP contribution is -2.19. The predicted octanol–water partition coefficient (Wildman–Crippen LogP) is 1.63. The highest BCUT2D eigenvalue weighted by molar-refractivity contribution is 5.47. The van der Waals surface area contributed by atoms with Gasteiger partial charge in [0.2, 0.25) is 5.88 Å². The van der Waals surface area contributed by atoms with Crippen LogP contribution in [0.25, 0.3) is 0 Å². The van der Waals surface area contributed by atoms with Gasteiger partial charge in [-0.25, -0.2) is 9.97 Å². The monoisotopic (exact) mass is 225 g/mol. The summed E-state index contributed by atoms with van der Waals surface area (Å²) < 4.78 is 10.5. The van der Waals surface area contributed by atoms with Gasteiger partial charge in [0.05, 0.1) is 18.3 Å². The number of hydrogen-bond acceptors (Lipinski definition) is 5. The number of methoxy groups -OCH3 is 1. The molecule has 1 atom stereocenters. The van der Waals surface area contributed by atoms with Crippen LogP contribution in [0.4, 0.5) is 5.82 Å². The number of nitrogens with one attached hydrogen (secondary N) is 1. The second kappa shape index (κ2) is 6.27. The fourth-order valence-corrected chi connectivity index (χ4v) is 1.22. The Morgan fingerprint density at radius 1 is 1.44 bits per heavy atom. The lowest BCUT2D eigenvalue weighted by atomic mass is 10.3. The Balaban J connectivity index is 2.69. The van der Waals surface area contributed by atoms with Crippen molar-refractivity contribution in [3.63, 3.8) is 0 Å². The first kappa shape index (κ1) is 12.7. The van der Waals surface area contributed by atoms with E-state index in [1.54, 1.807) is 7.11 Å². The number of anilines is 1. The molecule has 0 amide bonds. The van der Waals surface area contributed by atoms with Crippen LogP contribution in [0.15, 0.2) is 6.33 Å². The predicted molar refractivity (Wildman–Crippen MR) is 62.9 cm³/mol. The highest BCUT2D eigenvalue weighted by Gasteiger charge is 2.08. The topological polar surface area (TPSA) is 56.3 Å². The van der Waals surface area contributed by atoms with Crippen molar-refractivity contribution in [3.8, 4) is 5.88 Å². The molecule has 1 unspecified atom stereocenters. The molecule has 1 aromatic rings. The van der Waals surface area contributed by atoms with Crippen molar-refractivity contribution in [2.45, 2.75) is 26.9 Å². The fourth-order valence-electron chi connectivity index (χ4n) is 1.22. The van der Waals surface area contributed by atoms with Gasteiger partial charge in [0.1, 0.15) is 12.1 Å². The highest BCUT2D eigenvalue weighted by atomic mass is 16.5. The van der Waals surface area contributed by atoms with Crippen molar-refractivity contribution in [2.24, 2.45) is 0 Å². The van der Waals surface area contributed by atoms with Crippen molar-refractivity contribution >= 4 is 5.82 Å². The van der Waals surface area contributed by atoms with Crippen molar-refractivity contribution < 1.29 is 9.47 Å². The van der Waals surface area contributed by atoms with Crippen LogP contribution in [-0.2, 0) is 4.74 Å². The van der Waals surface area contributed by atoms with Crippen LogP contribution in [0.5, 0.6) is 5.88 Å². The van der Waals surface area contributed by atoms with Crippen LogP contribution in [-0.4, -0.2) is 36.3 Å². The van der Waals surface area contributed by atoms with E-state index >= 15 is 0 Å². The molecule has 5 nitrogen and oxygen atoms in total. The first-order valence-corrected chi connectivity index (χ1v) is 5.40. The fraction of sp³-hybridized carbons (Fsp3) is 0.636. The number of nitrogens with zero attached hydrogens (tertiary/aromatic N) is 2. The second-order valence-corrected chi connectivity index (χ2v) is 3.51. The van der Waals surface area contributed by atoms with Gasteiger partial charge >= 0.3 is 0 Å². The first-order valence-electron chi connectivity index (χ1n) is 5.40. The summed E-state index contributed by atoms with van der Waals surface area (Å²) >= 11 is 0. The van der Waals surface area contributed by atoms with Gasteiger partial charge < -0.3 is 14.8 Å². The minimum atomic E-state index is 0.143. The zero-order chi connectivity index (χ0) is 12.0. The van der Waals surface area contributed by atoms with Gasteiger partial charge in [-0.05, 0) is 20.8 Å². The summed E-state index contributed by atoms with van der Waals surface area (Å²) in [5.41, 5.74) is 0.924. The van der Waals surface area contributed by atoms with E-state index in [1.807, 2.05) is 20.8 Å². The van der Waals surface area contributed by atoms with Gasteiger partial charge in [0.25, 0.3) is 0 Å². The quantitative estimate of drug-likeness (QED) is 0.797. The number of rotatable bonds is 6. The lowest BCUT2D eigenvalue weighted by Gasteiger charge is -2.14. The van der Waals surface area contributed by atoms with Crippen molar-refractivity contribution in [1.29, 1.82) is 0 Å². The Labute approximate surface area is 96.2 Å². The Kier molecular flexibility index (Phi) is 4.98. The second-order valence-electron chi connectivity index (χ2n) is 3.51. The van der Waals surface area contributed by atoms with Gasteiger partial charge in [-0.3, -0.25) is 0 Å². The number of hydrogen-bond donors (Lipinski definition) is 1. The number of ether oxygens (including phenoxy) is 2. The van der Waals surface area contributed by atoms with Crippen molar-refractivity contribution in [1.82, 2.24) is 9.97 Å². The minimum Gasteiger partial charge on any atom is -0.478 e. The molecule has 1 aromatic heterocycles. The third-order valence-electron chi connectivity index (χ3n) is 2.28. The molecule has 0 saturated carbocycles. The summed E-state index contributed by atoms with van der Waals surface area (Å²) in [5, 5.41) is 3.21. The van der Waals surface area contributed by atoms with Gasteiger partial charge in [-0.15, -0.1) is 0 Å². The summed E-state index contributed by atoms with van der Waals surface area (Å²) in [5.74, 6) is 1.42. The molecule has 90 valence electrons. The SMILES string of the molecule is CCOc1ncnc(NCC(C)OC)c1C. The maximum Gasteiger partial charge on any atom is 0.221 e. The van der Waals surface area contributed by atoms with E-state index in [-0.39, 0.29) is 6.10 Å². The normalized spacial score (nSPS) is 12.2. The molecule has 16 heavy (non-hydrogen) atoms. The molecule has 1 rings (SSSR count). The zero-order valence-corrected chi connectivity index (χ0v) is 10.3. The van der Waals surface area contributed by atoms with Crippen LogP contribution in [0.2, 0.25) is 0 Å². The largest absolute Gasteiger partial charge is 0.478 e. The molecule has 0 bridgehead atoms. The standard InChI is InChI=1S/C11H19N3O2/c1-5-16-11-9(3)10(13-7-14-11)12-6-8(2)15-4/h7-8H,5-6H2,1-4H3,(H,12,13,14). The summed E-state index contributed by atoms with van der Waals surface area (Å²) in [6.45, 7) is 7.17. The van der Waals surface area contributed by atoms with Crippen molar-refractivity contribution in [2.75, 3.05) is 25.6 Å². The molecule has 0 aliphatic heterocycles. The number of aromatic nitrogens is 2. The van der Waals surface area contributed by atoms with Crippen LogP contribution < -0.4 is 10.1 Å². The lowest BCUT2D eigenvalue weighted by molar-refractivity contribution is 0.128. The molecule has 0 fully saturated rings. The van der Waals surface area contributed by atoms with E-state index in [0.717, 1.165) is 11.4 Å². The molecular formula is C11H19N3O2. The first-order chi connectivity index (χ1) is 7.69. The van der Waals surface area contributed by atoms with E-state index in [0.29, 0.717) is 19.0 Å². The van der Waals surface area contributed by atoms with Crippen LogP contribution in [0, 0.1) is 6.92 Å². The summed E-state index contributed by atoms with van der Waals surface area (Å²) in [6.07, 6.45) is 1.64. The Morgan fingerprint density at radius 3 is 2.81 bits per heavy atom. The molecule has 0 aliphatic carbocycles. The molecule has 0 saturated heterocycles. The van der Waals surface area contributed by atoms with E-state index in [1.165, 1.54) is 6.33 Å². The van der Waals surface area contributed by atoms with E-state index < -0.39 is 0 Å². The Hall–Kier alpha value is -1.36. The summed E-state index contributed by atoms with van der Waals surface area (Å²) in [6, 6.07) is 0. The highest BCUT2D eigenvalue weighted by Crippen LogP contribution is 2.20. The van der Waals surface area contributed by atoms with Crippen molar-refractivity contribution in [3.05, 3.63) is 11.9 Å². The van der Waals surface area contributed by atoms with Crippen LogP contribution in [0.1, 0.15) is 19.4 Å². The molecule has 0 spiro atoms. The molecular weight excluding hydrogens is 206 g/mol. The van der Waals surface area contributed by atoms with E-state index in [2.05, 4.69) is 15.3 Å². The van der Waals surface area contributed by atoms with Gasteiger partial charge in [0, 0.05) is 13.7 Å². The molecule has 1 N–H and O–H groups in total. The molecule has 0 aromatic carbocycles. The zero-order valence-electron chi connectivity index (χ0n) is 10.3. The van der Waals surface area contributed by atoms with Gasteiger partial charge in [-0.1, -0.05) is 0 Å². The summed E-state index contributed by atoms with van der Waals surface area (Å²) in [7, 11) is 1.69. The molecule has 0 radical (unpaired) electrons. The average Bonchev–Trinajstić information content (AvgIpc) is 2.30. The maximum atomic E-state index is 5.39. The molecule has 1 heterocycles. The van der Waals surface area contributed by atoms with Gasteiger partial charge in [-0.2, -0.15) is 0 Å². The van der Waals surface area contributed by atoms with Crippen LogP contribution in [0.3, 0.4) is 0 Å². The Bertz CT molecular complexity index is 331. The third kappa shape index (κ3) is 3.34. The molecule has 5 heteroatoms.